The van der Waals surface area contributed by atoms with E-state index in [0.717, 1.165) is 56.8 Å². The van der Waals surface area contributed by atoms with Gasteiger partial charge in [-0.1, -0.05) is 23.7 Å². The molecule has 0 radical (unpaired) electrons. The van der Waals surface area contributed by atoms with Gasteiger partial charge in [0.1, 0.15) is 0 Å². The number of aryl methyl sites for hydroxylation is 1. The Hall–Kier alpha value is -1.10. The zero-order valence-electron chi connectivity index (χ0n) is 13.9. The highest BCUT2D eigenvalue weighted by Crippen LogP contribution is 2.17. The third-order valence-corrected chi connectivity index (χ3v) is 4.90. The van der Waals surface area contributed by atoms with Crippen molar-refractivity contribution in [1.29, 1.82) is 0 Å². The molecular formula is C18H27ClN2O2. The highest BCUT2D eigenvalue weighted by atomic mass is 35.5. The molecule has 128 valence electrons. The molecule has 1 aliphatic heterocycles. The summed E-state index contributed by atoms with van der Waals surface area (Å²) in [6.07, 6.45) is 5.53. The van der Waals surface area contributed by atoms with Crippen LogP contribution in [0.3, 0.4) is 0 Å². The van der Waals surface area contributed by atoms with Gasteiger partial charge in [-0.3, -0.25) is 9.69 Å². The number of hydrogen-bond donors (Lipinski definition) is 1. The van der Waals surface area contributed by atoms with Crippen LogP contribution in [0.2, 0.25) is 5.02 Å². The summed E-state index contributed by atoms with van der Waals surface area (Å²) in [4.78, 5) is 15.3. The van der Waals surface area contributed by atoms with Crippen molar-refractivity contribution in [1.82, 2.24) is 9.80 Å². The van der Waals surface area contributed by atoms with Gasteiger partial charge in [-0.2, -0.15) is 0 Å². The number of carbonyl (C=O) groups is 1. The third kappa shape index (κ3) is 6.50. The van der Waals surface area contributed by atoms with Crippen molar-refractivity contribution in [2.45, 2.75) is 38.1 Å². The molecule has 0 spiro atoms. The predicted molar refractivity (Wildman–Crippen MR) is 94.1 cm³/mol. The smallest absolute Gasteiger partial charge is 0.317 e. The van der Waals surface area contributed by atoms with Crippen LogP contribution in [0.5, 0.6) is 0 Å². The summed E-state index contributed by atoms with van der Waals surface area (Å²) in [6.45, 7) is 3.44. The number of aliphatic carboxylic acids is 1. The largest absolute Gasteiger partial charge is 0.480 e. The number of nitrogens with zero attached hydrogens (tertiary/aromatic N) is 2. The summed E-state index contributed by atoms with van der Waals surface area (Å²) in [7, 11) is 1.93. The van der Waals surface area contributed by atoms with Crippen LogP contribution in [0.25, 0.3) is 0 Å². The van der Waals surface area contributed by atoms with E-state index in [1.54, 1.807) is 0 Å². The number of halogens is 1. The molecule has 1 saturated heterocycles. The average molecular weight is 339 g/mol. The molecule has 0 aromatic heterocycles. The first-order valence-electron chi connectivity index (χ1n) is 8.43. The number of carboxylic acids is 1. The summed E-state index contributed by atoms with van der Waals surface area (Å²) in [6, 6.07) is 8.49. The first-order chi connectivity index (χ1) is 11.0. The molecule has 1 atom stereocenters. The molecule has 0 saturated carbocycles. The molecule has 0 amide bonds. The molecule has 5 heteroatoms. The number of likely N-dealkylation sites (N-methyl/N-ethyl adjacent to an activating group) is 1. The highest BCUT2D eigenvalue weighted by Gasteiger charge is 2.21. The molecule has 23 heavy (non-hydrogen) atoms. The molecule has 0 bridgehead atoms. The third-order valence-electron chi connectivity index (χ3n) is 4.65. The first-order valence-corrected chi connectivity index (χ1v) is 8.81. The molecule has 2 rings (SSSR count). The van der Waals surface area contributed by atoms with Crippen molar-refractivity contribution in [3.05, 3.63) is 34.9 Å². The Morgan fingerprint density at radius 3 is 2.74 bits per heavy atom. The number of benzene rings is 1. The van der Waals surface area contributed by atoms with Crippen molar-refractivity contribution in [3.8, 4) is 0 Å². The lowest BCUT2D eigenvalue weighted by molar-refractivity contribution is -0.138. The molecule has 0 aliphatic carbocycles. The van der Waals surface area contributed by atoms with E-state index in [1.165, 1.54) is 5.56 Å². The van der Waals surface area contributed by atoms with Gasteiger partial charge in [0.15, 0.2) is 0 Å². The summed E-state index contributed by atoms with van der Waals surface area (Å²) in [5.41, 5.74) is 1.34. The van der Waals surface area contributed by atoms with E-state index in [4.69, 9.17) is 16.7 Å². The molecule has 1 N–H and O–H groups in total. The number of carboxylic acid groups (broad SMARTS) is 1. The molecule has 1 aromatic carbocycles. The number of likely N-dealkylation sites (tertiary alicyclic amines) is 1. The predicted octanol–water partition coefficient (Wildman–Crippen LogP) is 3.14. The molecule has 1 unspecified atom stereocenters. The lowest BCUT2D eigenvalue weighted by Crippen LogP contribution is -2.36. The van der Waals surface area contributed by atoms with Crippen molar-refractivity contribution in [3.63, 3.8) is 0 Å². The van der Waals surface area contributed by atoms with E-state index in [2.05, 4.69) is 17.0 Å². The maximum atomic E-state index is 10.8. The minimum absolute atomic E-state index is 0.140. The molecule has 1 heterocycles. The van der Waals surface area contributed by atoms with Crippen molar-refractivity contribution in [2.75, 3.05) is 33.2 Å². The van der Waals surface area contributed by atoms with E-state index in [1.807, 2.05) is 24.1 Å². The van der Waals surface area contributed by atoms with Crippen molar-refractivity contribution < 1.29 is 9.90 Å². The SMILES string of the molecule is CN(CC(=O)O)C1CCCN(CCCc2ccc(Cl)cc2)CC1. The van der Waals surface area contributed by atoms with Crippen LogP contribution in [0.15, 0.2) is 24.3 Å². The maximum absolute atomic E-state index is 10.8. The lowest BCUT2D eigenvalue weighted by atomic mass is 10.1. The quantitative estimate of drug-likeness (QED) is 0.829. The minimum atomic E-state index is -0.739. The second kappa shape index (κ2) is 9.26. The summed E-state index contributed by atoms with van der Waals surface area (Å²) in [5, 5.41) is 9.71. The van der Waals surface area contributed by atoms with Gasteiger partial charge in [0.05, 0.1) is 6.54 Å². The van der Waals surface area contributed by atoms with E-state index in [0.29, 0.717) is 6.04 Å². The van der Waals surface area contributed by atoms with Crippen molar-refractivity contribution in [2.24, 2.45) is 0 Å². The van der Waals surface area contributed by atoms with Crippen LogP contribution < -0.4 is 0 Å². The molecular weight excluding hydrogens is 312 g/mol. The van der Waals surface area contributed by atoms with Gasteiger partial charge in [0.2, 0.25) is 0 Å². The van der Waals surface area contributed by atoms with Gasteiger partial charge in [-0.05, 0) is 76.5 Å². The Labute approximate surface area is 144 Å². The number of rotatable bonds is 7. The van der Waals surface area contributed by atoms with Gasteiger partial charge in [-0.25, -0.2) is 0 Å². The average Bonchev–Trinajstić information content (AvgIpc) is 2.74. The molecule has 1 aliphatic rings. The van der Waals surface area contributed by atoms with E-state index in [-0.39, 0.29) is 6.54 Å². The van der Waals surface area contributed by atoms with Gasteiger partial charge in [-0.15, -0.1) is 0 Å². The fourth-order valence-electron chi connectivity index (χ4n) is 3.30. The zero-order chi connectivity index (χ0) is 16.7. The van der Waals surface area contributed by atoms with E-state index in [9.17, 15) is 4.79 Å². The van der Waals surface area contributed by atoms with Crippen LogP contribution >= 0.6 is 11.6 Å². The van der Waals surface area contributed by atoms with Crippen LogP contribution in [0.4, 0.5) is 0 Å². The van der Waals surface area contributed by atoms with Gasteiger partial charge in [0, 0.05) is 11.1 Å². The maximum Gasteiger partial charge on any atom is 0.317 e. The standard InChI is InChI=1S/C18H27ClN2O2/c1-20(14-18(22)23)17-5-3-12-21(13-10-17)11-2-4-15-6-8-16(19)9-7-15/h6-9,17H,2-5,10-14H2,1H3,(H,22,23). The van der Waals surface area contributed by atoms with Gasteiger partial charge >= 0.3 is 5.97 Å². The fourth-order valence-corrected chi connectivity index (χ4v) is 3.43. The highest BCUT2D eigenvalue weighted by molar-refractivity contribution is 6.30. The molecule has 1 aromatic rings. The normalized spacial score (nSPS) is 19.7. The van der Waals surface area contributed by atoms with Gasteiger partial charge in [0.25, 0.3) is 0 Å². The summed E-state index contributed by atoms with van der Waals surface area (Å²) < 4.78 is 0. The Morgan fingerprint density at radius 2 is 2.04 bits per heavy atom. The zero-order valence-corrected chi connectivity index (χ0v) is 14.6. The number of hydrogen-bond acceptors (Lipinski definition) is 3. The Balaban J connectivity index is 1.71. The Morgan fingerprint density at radius 1 is 1.30 bits per heavy atom. The Bertz CT molecular complexity index is 492. The van der Waals surface area contributed by atoms with Crippen LogP contribution in [-0.4, -0.2) is 60.1 Å². The van der Waals surface area contributed by atoms with Crippen LogP contribution in [0.1, 0.15) is 31.2 Å². The molecule has 4 nitrogen and oxygen atoms in total. The lowest BCUT2D eigenvalue weighted by Gasteiger charge is -2.25. The van der Waals surface area contributed by atoms with E-state index < -0.39 is 5.97 Å². The Kier molecular flexibility index (Phi) is 7.34. The van der Waals surface area contributed by atoms with Crippen LogP contribution in [0, 0.1) is 0 Å². The fraction of sp³-hybridized carbons (Fsp3) is 0.611. The van der Waals surface area contributed by atoms with Gasteiger partial charge < -0.3 is 10.0 Å². The van der Waals surface area contributed by atoms with E-state index >= 15 is 0 Å². The first kappa shape index (κ1) is 18.2. The summed E-state index contributed by atoms with van der Waals surface area (Å²) >= 11 is 5.91. The van der Waals surface area contributed by atoms with Crippen molar-refractivity contribution >= 4 is 17.6 Å². The summed E-state index contributed by atoms with van der Waals surface area (Å²) in [5.74, 6) is -0.739. The monoisotopic (exact) mass is 338 g/mol. The topological polar surface area (TPSA) is 43.8 Å². The second-order valence-electron chi connectivity index (χ2n) is 6.47. The molecule has 1 fully saturated rings. The second-order valence-corrected chi connectivity index (χ2v) is 6.90. The minimum Gasteiger partial charge on any atom is -0.480 e. The van der Waals surface area contributed by atoms with Crippen LogP contribution in [-0.2, 0) is 11.2 Å².